The number of rotatable bonds is 8. The summed E-state index contributed by atoms with van der Waals surface area (Å²) in [5, 5.41) is 5.94. The summed E-state index contributed by atoms with van der Waals surface area (Å²) in [6, 6.07) is 6.28. The lowest BCUT2D eigenvalue weighted by molar-refractivity contribution is -0.120. The van der Waals surface area contributed by atoms with E-state index in [1.54, 1.807) is 7.11 Å². The number of benzene rings is 1. The van der Waals surface area contributed by atoms with Crippen LogP contribution in [0.25, 0.3) is 0 Å². The fourth-order valence-electron chi connectivity index (χ4n) is 2.01. The van der Waals surface area contributed by atoms with Crippen molar-refractivity contribution in [2.75, 3.05) is 33.4 Å². The quantitative estimate of drug-likeness (QED) is 0.717. The zero-order valence-electron chi connectivity index (χ0n) is 12.5. The lowest BCUT2D eigenvalue weighted by Crippen LogP contribution is -2.36. The maximum Gasteiger partial charge on any atom is 0.233 e. The second kappa shape index (κ2) is 10.7. The monoisotopic (exact) mass is 300 g/mol. The number of amides is 1. The number of aryl methyl sites for hydroxylation is 2. The Bertz CT molecular complexity index is 391. The zero-order chi connectivity index (χ0) is 14.1. The average Bonchev–Trinajstić information content (AvgIpc) is 2.38. The van der Waals surface area contributed by atoms with Crippen LogP contribution in [-0.2, 0) is 16.0 Å². The first-order chi connectivity index (χ1) is 9.15. The van der Waals surface area contributed by atoms with Crippen molar-refractivity contribution in [3.05, 3.63) is 34.9 Å². The van der Waals surface area contributed by atoms with E-state index in [0.717, 1.165) is 6.42 Å². The minimum Gasteiger partial charge on any atom is -0.383 e. The highest BCUT2D eigenvalue weighted by atomic mass is 35.5. The maximum absolute atomic E-state index is 11.6. The average molecular weight is 301 g/mol. The number of hydrogen-bond donors (Lipinski definition) is 2. The largest absolute Gasteiger partial charge is 0.383 e. The van der Waals surface area contributed by atoms with Crippen molar-refractivity contribution in [2.45, 2.75) is 20.3 Å². The van der Waals surface area contributed by atoms with Gasteiger partial charge in [0.15, 0.2) is 0 Å². The zero-order valence-corrected chi connectivity index (χ0v) is 13.3. The summed E-state index contributed by atoms with van der Waals surface area (Å²) in [6.45, 7) is 6.55. The first-order valence-electron chi connectivity index (χ1n) is 6.66. The van der Waals surface area contributed by atoms with Crippen LogP contribution < -0.4 is 10.6 Å². The molecule has 0 unspecified atom stereocenters. The number of carbonyl (C=O) groups excluding carboxylic acids is 1. The third kappa shape index (κ3) is 6.89. The minimum atomic E-state index is 0. The Hall–Kier alpha value is -1.10. The summed E-state index contributed by atoms with van der Waals surface area (Å²) >= 11 is 0. The van der Waals surface area contributed by atoms with Crippen LogP contribution in [0.5, 0.6) is 0 Å². The van der Waals surface area contributed by atoms with Crippen LogP contribution in [0.4, 0.5) is 0 Å². The molecule has 1 rings (SSSR count). The molecule has 0 radical (unpaired) electrons. The van der Waals surface area contributed by atoms with Gasteiger partial charge in [0.25, 0.3) is 0 Å². The van der Waals surface area contributed by atoms with Crippen molar-refractivity contribution in [2.24, 2.45) is 0 Å². The summed E-state index contributed by atoms with van der Waals surface area (Å²) in [4.78, 5) is 11.6. The van der Waals surface area contributed by atoms with E-state index in [1.165, 1.54) is 16.7 Å². The molecule has 1 amide bonds. The van der Waals surface area contributed by atoms with Gasteiger partial charge in [0.1, 0.15) is 0 Å². The number of halogens is 1. The van der Waals surface area contributed by atoms with Crippen molar-refractivity contribution < 1.29 is 9.53 Å². The van der Waals surface area contributed by atoms with Crippen LogP contribution in [0.15, 0.2) is 18.2 Å². The molecule has 0 aromatic heterocycles. The van der Waals surface area contributed by atoms with Gasteiger partial charge < -0.3 is 15.4 Å². The summed E-state index contributed by atoms with van der Waals surface area (Å²) < 4.78 is 4.89. The molecule has 0 aliphatic rings. The van der Waals surface area contributed by atoms with E-state index in [1.807, 2.05) is 0 Å². The molecule has 2 N–H and O–H groups in total. The third-order valence-corrected chi connectivity index (χ3v) is 3.11. The molecular weight excluding hydrogens is 276 g/mol. The Morgan fingerprint density at radius 3 is 2.45 bits per heavy atom. The number of nitrogens with one attached hydrogen (secondary N) is 2. The molecule has 0 spiro atoms. The Morgan fingerprint density at radius 1 is 1.20 bits per heavy atom. The molecule has 0 aliphatic heterocycles. The van der Waals surface area contributed by atoms with Gasteiger partial charge in [0.05, 0.1) is 13.2 Å². The molecule has 0 aliphatic carbocycles. The van der Waals surface area contributed by atoms with Crippen LogP contribution in [0, 0.1) is 13.8 Å². The summed E-state index contributed by atoms with van der Waals surface area (Å²) in [5.41, 5.74) is 3.90. The summed E-state index contributed by atoms with van der Waals surface area (Å²) in [6.07, 6.45) is 0.877. The molecule has 0 atom stereocenters. The standard InChI is InChI=1S/C15H24N2O2.ClH/c1-12-5-4-6-13(2)14(12)7-8-17-15(18)11-16-9-10-19-3;/h4-6,16H,7-11H2,1-3H3,(H,17,18);1H. The molecule has 0 saturated carbocycles. The van der Waals surface area contributed by atoms with E-state index in [-0.39, 0.29) is 18.3 Å². The van der Waals surface area contributed by atoms with Crippen molar-refractivity contribution in [3.63, 3.8) is 0 Å². The molecule has 0 saturated heterocycles. The Labute approximate surface area is 127 Å². The van der Waals surface area contributed by atoms with E-state index < -0.39 is 0 Å². The normalized spacial score (nSPS) is 9.95. The van der Waals surface area contributed by atoms with Gasteiger partial charge in [-0.15, -0.1) is 12.4 Å². The van der Waals surface area contributed by atoms with Gasteiger partial charge in [-0.3, -0.25) is 4.79 Å². The van der Waals surface area contributed by atoms with Crippen LogP contribution in [0.2, 0.25) is 0 Å². The highest BCUT2D eigenvalue weighted by molar-refractivity contribution is 5.85. The SMILES string of the molecule is COCCNCC(=O)NCCc1c(C)cccc1C.Cl. The molecule has 0 fully saturated rings. The molecule has 0 heterocycles. The number of ether oxygens (including phenoxy) is 1. The maximum atomic E-state index is 11.6. The summed E-state index contributed by atoms with van der Waals surface area (Å²) in [7, 11) is 1.65. The number of methoxy groups -OCH3 is 1. The number of hydrogen-bond acceptors (Lipinski definition) is 3. The second-order valence-electron chi connectivity index (χ2n) is 4.64. The van der Waals surface area contributed by atoms with Crippen LogP contribution in [0.3, 0.4) is 0 Å². The Balaban J connectivity index is 0.00000361. The fraction of sp³-hybridized carbons (Fsp3) is 0.533. The van der Waals surface area contributed by atoms with Crippen molar-refractivity contribution in [3.8, 4) is 0 Å². The smallest absolute Gasteiger partial charge is 0.233 e. The van der Waals surface area contributed by atoms with Gasteiger partial charge in [0, 0.05) is 20.2 Å². The predicted octanol–water partition coefficient (Wildman–Crippen LogP) is 1.62. The first kappa shape index (κ1) is 18.9. The molecule has 20 heavy (non-hydrogen) atoms. The van der Waals surface area contributed by atoms with Crippen LogP contribution >= 0.6 is 12.4 Å². The highest BCUT2D eigenvalue weighted by Gasteiger charge is 2.03. The predicted molar refractivity (Wildman–Crippen MR) is 84.6 cm³/mol. The van der Waals surface area contributed by atoms with Gasteiger partial charge in [-0.05, 0) is 37.0 Å². The highest BCUT2D eigenvalue weighted by Crippen LogP contribution is 2.13. The van der Waals surface area contributed by atoms with E-state index in [0.29, 0.717) is 26.2 Å². The van der Waals surface area contributed by atoms with Gasteiger partial charge in [-0.25, -0.2) is 0 Å². The molecule has 114 valence electrons. The lowest BCUT2D eigenvalue weighted by atomic mass is 10.0. The fourth-order valence-corrected chi connectivity index (χ4v) is 2.01. The van der Waals surface area contributed by atoms with Gasteiger partial charge in [-0.1, -0.05) is 18.2 Å². The lowest BCUT2D eigenvalue weighted by Gasteiger charge is -2.10. The molecular formula is C15H25ClN2O2. The molecule has 1 aromatic carbocycles. The van der Waals surface area contributed by atoms with Crippen molar-refractivity contribution >= 4 is 18.3 Å². The van der Waals surface area contributed by atoms with E-state index >= 15 is 0 Å². The number of carbonyl (C=O) groups is 1. The third-order valence-electron chi connectivity index (χ3n) is 3.11. The van der Waals surface area contributed by atoms with Gasteiger partial charge in [-0.2, -0.15) is 0 Å². The molecule has 4 nitrogen and oxygen atoms in total. The van der Waals surface area contributed by atoms with E-state index in [4.69, 9.17) is 4.74 Å². The van der Waals surface area contributed by atoms with Crippen LogP contribution in [-0.4, -0.2) is 39.3 Å². The van der Waals surface area contributed by atoms with Crippen molar-refractivity contribution in [1.29, 1.82) is 0 Å². The molecule has 0 bridgehead atoms. The minimum absolute atomic E-state index is 0. The topological polar surface area (TPSA) is 50.4 Å². The second-order valence-corrected chi connectivity index (χ2v) is 4.64. The Kier molecular flexibility index (Phi) is 10.1. The van der Waals surface area contributed by atoms with Gasteiger partial charge >= 0.3 is 0 Å². The molecule has 1 aromatic rings. The van der Waals surface area contributed by atoms with Gasteiger partial charge in [0.2, 0.25) is 5.91 Å². The molecule has 5 heteroatoms. The van der Waals surface area contributed by atoms with E-state index in [2.05, 4.69) is 42.7 Å². The Morgan fingerprint density at radius 2 is 1.85 bits per heavy atom. The van der Waals surface area contributed by atoms with Crippen molar-refractivity contribution in [1.82, 2.24) is 10.6 Å². The summed E-state index contributed by atoms with van der Waals surface area (Å²) in [5.74, 6) is 0.0299. The first-order valence-corrected chi connectivity index (χ1v) is 6.66. The van der Waals surface area contributed by atoms with Crippen LogP contribution in [0.1, 0.15) is 16.7 Å². The van der Waals surface area contributed by atoms with E-state index in [9.17, 15) is 4.79 Å².